The van der Waals surface area contributed by atoms with Crippen molar-refractivity contribution >= 4 is 29.7 Å². The Labute approximate surface area is 399 Å². The van der Waals surface area contributed by atoms with Crippen LogP contribution in [0.25, 0.3) is 17.2 Å². The van der Waals surface area contributed by atoms with Crippen LogP contribution in [0.2, 0.25) is 19.6 Å². The number of amides is 1. The number of halogens is 1. The molecule has 0 saturated carbocycles. The zero-order valence-corrected chi connectivity index (χ0v) is 41.1. The summed E-state index contributed by atoms with van der Waals surface area (Å²) in [7, 11) is 0. The van der Waals surface area contributed by atoms with E-state index in [9.17, 15) is 14.4 Å². The molecular weight excluding hydrogens is 960 g/mol. The fraction of sp³-hybridized carbons (Fsp3) is 0.241. The van der Waals surface area contributed by atoms with E-state index in [2.05, 4.69) is 37.5 Å². The maximum atomic E-state index is 13.9. The molecule has 5 aromatic rings. The van der Waals surface area contributed by atoms with Gasteiger partial charge in [0, 0.05) is 0 Å². The van der Waals surface area contributed by atoms with Crippen molar-refractivity contribution in [1.29, 1.82) is 0 Å². The van der Waals surface area contributed by atoms with Crippen molar-refractivity contribution in [3.63, 3.8) is 0 Å². The molecule has 0 aliphatic heterocycles. The van der Waals surface area contributed by atoms with Gasteiger partial charge in [0.1, 0.15) is 19.3 Å². The normalized spacial score (nSPS) is 12.4. The fourth-order valence-corrected chi connectivity index (χ4v) is 10.5. The summed E-state index contributed by atoms with van der Waals surface area (Å²) in [6.07, 6.45) is 11.5. The van der Waals surface area contributed by atoms with Gasteiger partial charge >= 0.3 is 278 Å². The Hall–Kier alpha value is -6.40. The zero-order valence-electron chi connectivity index (χ0n) is 38.0. The second-order valence-electron chi connectivity index (χ2n) is 16.2. The number of alkyl carbamates (subject to hydrolysis) is 1. The second kappa shape index (κ2) is 25.9. The van der Waals surface area contributed by atoms with Crippen LogP contribution in [0.3, 0.4) is 0 Å². The third-order valence-electron chi connectivity index (χ3n) is 9.91. The summed E-state index contributed by atoms with van der Waals surface area (Å²) in [4.78, 5) is 40.7. The van der Waals surface area contributed by atoms with Gasteiger partial charge in [-0.3, -0.25) is 4.79 Å². The van der Waals surface area contributed by atoms with Crippen molar-refractivity contribution < 1.29 is 58.5 Å². The van der Waals surface area contributed by atoms with Crippen LogP contribution in [0.4, 0.5) is 4.79 Å². The minimum absolute atomic E-state index is 0.0106. The average molecular weight is 1020 g/mol. The average Bonchev–Trinajstić information content (AvgIpc) is 3.31. The predicted octanol–water partition coefficient (Wildman–Crippen LogP) is 6.97. The Kier molecular flexibility index (Phi) is 19.9. The molecule has 1 amide bonds. The van der Waals surface area contributed by atoms with Crippen LogP contribution in [0, 0.1) is 12.3 Å². The van der Waals surface area contributed by atoms with E-state index in [1.54, 1.807) is 18.2 Å². The first kappa shape index (κ1) is 50.6. The van der Waals surface area contributed by atoms with Crippen LogP contribution >= 0.6 is 0 Å². The molecule has 12 heteroatoms. The Morgan fingerprint density at radius 1 is 0.758 bits per heavy atom. The van der Waals surface area contributed by atoms with E-state index >= 15 is 0 Å². The minimum atomic E-state index is -1.46. The van der Waals surface area contributed by atoms with E-state index in [1.165, 1.54) is 6.08 Å². The summed E-state index contributed by atoms with van der Waals surface area (Å²) in [5.41, 5.74) is 12.0. The molecule has 0 heterocycles. The topological polar surface area (TPSA) is 135 Å². The van der Waals surface area contributed by atoms with Gasteiger partial charge in [0.25, 0.3) is 0 Å². The maximum absolute atomic E-state index is 13.9. The van der Waals surface area contributed by atoms with E-state index in [0.29, 0.717) is 38.4 Å². The van der Waals surface area contributed by atoms with Crippen molar-refractivity contribution in [2.75, 3.05) is 11.2 Å². The summed E-state index contributed by atoms with van der Waals surface area (Å²) in [6.45, 7) is 13.2. The van der Waals surface area contributed by atoms with Gasteiger partial charge in [0.15, 0.2) is 0 Å². The monoisotopic (exact) mass is 1020 g/mol. The van der Waals surface area contributed by atoms with Gasteiger partial charge in [-0.2, -0.15) is 0 Å². The number of carbonyl (C=O) groups is 3. The van der Waals surface area contributed by atoms with Crippen LogP contribution in [0.5, 0.6) is 11.5 Å². The first-order valence-electron chi connectivity index (χ1n) is 21.6. The summed E-state index contributed by atoms with van der Waals surface area (Å²) < 4.78 is 30.3. The molecule has 0 saturated heterocycles. The van der Waals surface area contributed by atoms with E-state index < -0.39 is 35.7 Å². The van der Waals surface area contributed by atoms with Crippen LogP contribution in [-0.4, -0.2) is 46.9 Å². The molecule has 0 fully saturated rings. The summed E-state index contributed by atoms with van der Waals surface area (Å²) in [5, 5.41) is 2.77. The molecule has 0 aromatic heterocycles. The number of rotatable bonds is 23. The van der Waals surface area contributed by atoms with Gasteiger partial charge in [0.05, 0.1) is 0 Å². The number of nitrogens with two attached hydrogens (primary N) is 1. The first-order valence-corrected chi connectivity index (χ1v) is 29.7. The number of hydrogen-bond acceptors (Lipinski definition) is 9. The number of carbonyl (C=O) groups excluding carboxylic acids is 3. The van der Waals surface area contributed by atoms with Crippen LogP contribution in [0.15, 0.2) is 152 Å². The Bertz CT molecular complexity index is 2500. The van der Waals surface area contributed by atoms with Gasteiger partial charge in [-0.15, -0.1) is 0 Å². The quantitative estimate of drug-likeness (QED) is 0.0104. The van der Waals surface area contributed by atoms with Crippen molar-refractivity contribution in [1.82, 2.24) is 5.32 Å². The number of allylic oxidation sites excluding steroid dienone is 2. The molecule has 66 heavy (non-hydrogen) atoms. The molecule has 1 unspecified atom stereocenters. The third-order valence-corrected chi connectivity index (χ3v) is 18.9. The standard InChI is InChI=1S/C54H58IN2O8Si/c1-7-19-39(20-8-2)37-64-54(60)57-49(53(59)65-38-55-66(4,5)6)33-46-30-44(27-28-50(46)61-34-40-21-13-10-14-22-40)45-29-43(9-3)51(62-35-41-23-15-11-16-24-41)47(31-45)32-48(56)52(58)63-36-42-25-17-12-18-26-42/h1,8-31,48-49H,3,32-38,56H2,2,4-6H3,(H,57,60)/q-1/b20-8-,39-19+/t48?,49-/m0/s1. The molecule has 5 rings (SSSR count). The Balaban J connectivity index is 1.53. The van der Waals surface area contributed by atoms with Gasteiger partial charge < -0.3 is 15.2 Å². The zero-order chi connectivity index (χ0) is 47.3. The summed E-state index contributed by atoms with van der Waals surface area (Å²) >= 11 is -0.374. The summed E-state index contributed by atoms with van der Waals surface area (Å²) in [5.74, 6) is 2.36. The second-order valence-corrected chi connectivity index (χ2v) is 33.2. The number of ether oxygens (including phenoxy) is 5. The van der Waals surface area contributed by atoms with Crippen molar-refractivity contribution in [3.05, 3.63) is 185 Å². The summed E-state index contributed by atoms with van der Waals surface area (Å²) in [6, 6.07) is 36.3. The number of nitrogens with one attached hydrogen (secondary N) is 1. The van der Waals surface area contributed by atoms with E-state index in [4.69, 9.17) is 35.8 Å². The molecule has 0 aliphatic carbocycles. The van der Waals surface area contributed by atoms with Gasteiger partial charge in [-0.1, -0.05) is 73.3 Å². The van der Waals surface area contributed by atoms with Gasteiger partial charge in [-0.05, 0) is 11.1 Å². The van der Waals surface area contributed by atoms with E-state index in [0.717, 1.165) is 27.8 Å². The fourth-order valence-electron chi connectivity index (χ4n) is 6.59. The third kappa shape index (κ3) is 16.5. The number of alkyl halides is 1. The molecule has 0 bridgehead atoms. The molecular formula is C54H58IN2O8Si-. The molecule has 0 radical (unpaired) electrons. The molecule has 0 aliphatic rings. The van der Waals surface area contributed by atoms with Crippen LogP contribution < -0.4 is 40.9 Å². The van der Waals surface area contributed by atoms with Gasteiger partial charge in [-0.25, -0.2) is 0 Å². The number of benzene rings is 5. The Morgan fingerprint density at radius 3 is 1.95 bits per heavy atom. The van der Waals surface area contributed by atoms with Crippen molar-refractivity contribution in [2.45, 2.75) is 71.3 Å². The van der Waals surface area contributed by atoms with E-state index in [-0.39, 0.29) is 59.7 Å². The molecule has 5 aromatic carbocycles. The van der Waals surface area contributed by atoms with Crippen LogP contribution in [0.1, 0.15) is 40.3 Å². The first-order chi connectivity index (χ1) is 31.8. The Morgan fingerprint density at radius 2 is 1.36 bits per heavy atom. The predicted molar refractivity (Wildman–Crippen MR) is 259 cm³/mol. The molecule has 344 valence electrons. The number of hydrogen-bond donors (Lipinski definition) is 2. The number of terminal acetylenes is 1. The van der Waals surface area contributed by atoms with Gasteiger partial charge in [0.2, 0.25) is 0 Å². The molecule has 0 spiro atoms. The van der Waals surface area contributed by atoms with Crippen LogP contribution in [-0.2, 0) is 56.5 Å². The van der Waals surface area contributed by atoms with E-state index in [1.807, 2.05) is 128 Å². The number of esters is 2. The molecule has 3 N–H and O–H groups in total. The van der Waals surface area contributed by atoms with Crippen molar-refractivity contribution in [3.8, 4) is 35.0 Å². The molecule has 2 atom stereocenters. The van der Waals surface area contributed by atoms with Crippen molar-refractivity contribution in [2.24, 2.45) is 5.73 Å². The molecule has 10 nitrogen and oxygen atoms in total. The SMILES string of the molecule is C#C/C=C(\C=C/C)COC(=O)N[C@@H](Cc1cc(-c2cc(C=C)c(OCc3ccccc3)c(CC(N)C(=O)OCc3ccccc3)c2)ccc1OCc1ccccc1)C(=O)OC[I-][Si](C)(C)C.